The number of rotatable bonds is 5. The molecule has 2 heterocycles. The maximum Gasteiger partial charge on any atom is 0.251 e. The quantitative estimate of drug-likeness (QED) is 0.704. The second-order valence-corrected chi connectivity index (χ2v) is 9.01. The van der Waals surface area contributed by atoms with Gasteiger partial charge in [0, 0.05) is 71.0 Å². The molecule has 0 radical (unpaired) electrons. The lowest BCUT2D eigenvalue weighted by Crippen LogP contribution is -2.55. The summed E-state index contributed by atoms with van der Waals surface area (Å²) in [6.45, 7) is 6.13. The number of piperazine rings is 2. The number of nitrogens with zero attached hydrogens (tertiary/aromatic N) is 4. The first-order valence-electron chi connectivity index (χ1n) is 12.0. The van der Waals surface area contributed by atoms with E-state index in [1.165, 1.54) is 12.1 Å². The highest BCUT2D eigenvalue weighted by molar-refractivity contribution is 5.94. The van der Waals surface area contributed by atoms with Crippen LogP contribution in [0.4, 0.5) is 10.1 Å². The Morgan fingerprint density at radius 3 is 2.34 bits per heavy atom. The van der Waals surface area contributed by atoms with Crippen molar-refractivity contribution in [1.82, 2.24) is 20.0 Å². The van der Waals surface area contributed by atoms with Crippen molar-refractivity contribution in [1.29, 1.82) is 0 Å². The number of carbonyl (C=O) groups excluding carboxylic acids is 3. The van der Waals surface area contributed by atoms with Gasteiger partial charge in [0.2, 0.25) is 11.8 Å². The molecule has 0 bridgehead atoms. The number of anilines is 1. The van der Waals surface area contributed by atoms with Crippen molar-refractivity contribution in [2.24, 2.45) is 0 Å². The lowest BCUT2D eigenvalue weighted by atomic mass is 9.99. The Balaban J connectivity index is 1.38. The fourth-order valence-corrected chi connectivity index (χ4v) is 4.83. The highest BCUT2D eigenvalue weighted by atomic mass is 19.1. The van der Waals surface area contributed by atoms with E-state index in [1.807, 2.05) is 28.0 Å². The third-order valence-electron chi connectivity index (χ3n) is 6.81. The summed E-state index contributed by atoms with van der Waals surface area (Å²) in [4.78, 5) is 45.4. The molecule has 35 heavy (non-hydrogen) atoms. The summed E-state index contributed by atoms with van der Waals surface area (Å²) in [5, 5.41) is 2.63. The first-order chi connectivity index (χ1) is 16.9. The van der Waals surface area contributed by atoms with Crippen molar-refractivity contribution < 1.29 is 18.8 Å². The molecule has 1 atom stereocenters. The number of hydrogen-bond acceptors (Lipinski definition) is 5. The minimum absolute atomic E-state index is 0.0248. The molecule has 2 aliphatic rings. The zero-order chi connectivity index (χ0) is 24.9. The Morgan fingerprint density at radius 2 is 1.69 bits per heavy atom. The van der Waals surface area contributed by atoms with Crippen LogP contribution in [0, 0.1) is 5.82 Å². The molecule has 2 saturated heterocycles. The van der Waals surface area contributed by atoms with Crippen molar-refractivity contribution in [2.75, 3.05) is 64.3 Å². The number of amides is 3. The third-order valence-corrected chi connectivity index (χ3v) is 6.81. The number of halogens is 1. The molecular weight excluding hydrogens is 449 g/mol. The van der Waals surface area contributed by atoms with Crippen LogP contribution in [-0.4, -0.2) is 91.8 Å². The van der Waals surface area contributed by atoms with Gasteiger partial charge in [-0.3, -0.25) is 19.3 Å². The van der Waals surface area contributed by atoms with E-state index < -0.39 is 0 Å². The maximum absolute atomic E-state index is 13.2. The monoisotopic (exact) mass is 481 g/mol. The predicted octanol–water partition coefficient (Wildman–Crippen LogP) is 1.74. The fourth-order valence-electron chi connectivity index (χ4n) is 4.83. The van der Waals surface area contributed by atoms with Gasteiger partial charge in [0.1, 0.15) is 5.82 Å². The molecular formula is C26H32FN5O3. The molecule has 2 aliphatic heterocycles. The van der Waals surface area contributed by atoms with E-state index in [1.54, 1.807) is 32.2 Å². The minimum atomic E-state index is -0.258. The van der Waals surface area contributed by atoms with Crippen molar-refractivity contribution in [2.45, 2.75) is 13.0 Å². The van der Waals surface area contributed by atoms with Crippen LogP contribution in [0.15, 0.2) is 48.5 Å². The van der Waals surface area contributed by atoms with Gasteiger partial charge in [0.15, 0.2) is 0 Å². The van der Waals surface area contributed by atoms with E-state index >= 15 is 0 Å². The van der Waals surface area contributed by atoms with Crippen LogP contribution in [0.2, 0.25) is 0 Å². The van der Waals surface area contributed by atoms with Gasteiger partial charge >= 0.3 is 0 Å². The van der Waals surface area contributed by atoms with E-state index in [0.29, 0.717) is 51.4 Å². The maximum atomic E-state index is 13.2. The van der Waals surface area contributed by atoms with Gasteiger partial charge in [0.05, 0.1) is 12.6 Å². The highest BCUT2D eigenvalue weighted by Gasteiger charge is 2.32. The van der Waals surface area contributed by atoms with Crippen molar-refractivity contribution >= 4 is 23.4 Å². The summed E-state index contributed by atoms with van der Waals surface area (Å²) in [5.74, 6) is -0.393. The molecule has 4 rings (SSSR count). The lowest BCUT2D eigenvalue weighted by molar-refractivity contribution is -0.136. The van der Waals surface area contributed by atoms with Gasteiger partial charge < -0.3 is 20.0 Å². The molecule has 2 fully saturated rings. The Morgan fingerprint density at radius 1 is 0.971 bits per heavy atom. The van der Waals surface area contributed by atoms with Gasteiger partial charge in [-0.25, -0.2) is 4.39 Å². The van der Waals surface area contributed by atoms with Gasteiger partial charge in [-0.1, -0.05) is 12.1 Å². The van der Waals surface area contributed by atoms with Crippen LogP contribution >= 0.6 is 0 Å². The van der Waals surface area contributed by atoms with E-state index in [2.05, 4.69) is 15.1 Å². The standard InChI is InChI=1S/C26H32FN5O3/c1-19(33)32-15-10-29(17-24(32)20-4-3-5-21(16-20)26(35)28-2)18-25(34)31-13-11-30(12-14-31)23-8-6-22(27)7-9-23/h3-9,16,24H,10-15,17-18H2,1-2H3,(H,28,35)/t24-/m0/s1. The van der Waals surface area contributed by atoms with Crippen LogP contribution in [0.1, 0.15) is 28.9 Å². The summed E-state index contributed by atoms with van der Waals surface area (Å²) in [7, 11) is 1.59. The molecule has 0 spiro atoms. The van der Waals surface area contributed by atoms with E-state index in [0.717, 1.165) is 11.3 Å². The Hall–Kier alpha value is -3.46. The molecule has 2 aromatic carbocycles. The minimum Gasteiger partial charge on any atom is -0.368 e. The fraction of sp³-hybridized carbons (Fsp3) is 0.423. The average Bonchev–Trinajstić information content (AvgIpc) is 2.88. The van der Waals surface area contributed by atoms with Crippen LogP contribution in [0.5, 0.6) is 0 Å². The molecule has 9 heteroatoms. The van der Waals surface area contributed by atoms with Crippen LogP contribution in [-0.2, 0) is 9.59 Å². The molecule has 8 nitrogen and oxygen atoms in total. The third kappa shape index (κ3) is 5.79. The summed E-state index contributed by atoms with van der Waals surface area (Å²) in [6.07, 6.45) is 0. The SMILES string of the molecule is CNC(=O)c1cccc([C@@H]2CN(CC(=O)N3CCN(c4ccc(F)cc4)CC3)CCN2C(C)=O)c1. The zero-order valence-corrected chi connectivity index (χ0v) is 20.2. The van der Waals surface area contributed by atoms with Crippen molar-refractivity contribution in [3.8, 4) is 0 Å². The smallest absolute Gasteiger partial charge is 0.251 e. The number of nitrogens with one attached hydrogen (secondary N) is 1. The summed E-state index contributed by atoms with van der Waals surface area (Å²) >= 11 is 0. The average molecular weight is 482 g/mol. The number of carbonyl (C=O) groups is 3. The van der Waals surface area contributed by atoms with E-state index in [-0.39, 0.29) is 36.1 Å². The summed E-state index contributed by atoms with van der Waals surface area (Å²) < 4.78 is 13.2. The van der Waals surface area contributed by atoms with Crippen molar-refractivity contribution in [3.05, 3.63) is 65.5 Å². The number of benzene rings is 2. The van der Waals surface area contributed by atoms with Gasteiger partial charge in [0.25, 0.3) is 5.91 Å². The Kier molecular flexibility index (Phi) is 7.65. The Labute approximate surface area is 205 Å². The first-order valence-corrected chi connectivity index (χ1v) is 12.0. The lowest BCUT2D eigenvalue weighted by Gasteiger charge is -2.42. The first kappa shape index (κ1) is 24.7. The molecule has 3 amide bonds. The topological polar surface area (TPSA) is 76.2 Å². The molecule has 0 unspecified atom stereocenters. The second-order valence-electron chi connectivity index (χ2n) is 9.01. The molecule has 1 N–H and O–H groups in total. The predicted molar refractivity (Wildman–Crippen MR) is 132 cm³/mol. The van der Waals surface area contributed by atoms with E-state index in [9.17, 15) is 18.8 Å². The normalized spacial score (nSPS) is 18.9. The van der Waals surface area contributed by atoms with Gasteiger partial charge in [-0.2, -0.15) is 0 Å². The largest absolute Gasteiger partial charge is 0.368 e. The zero-order valence-electron chi connectivity index (χ0n) is 20.2. The van der Waals surface area contributed by atoms with Crippen LogP contribution < -0.4 is 10.2 Å². The van der Waals surface area contributed by atoms with Gasteiger partial charge in [-0.05, 0) is 42.0 Å². The Bertz CT molecular complexity index is 1070. The number of hydrogen-bond donors (Lipinski definition) is 1. The summed E-state index contributed by atoms with van der Waals surface area (Å²) in [5.41, 5.74) is 2.38. The van der Waals surface area contributed by atoms with E-state index in [4.69, 9.17) is 0 Å². The van der Waals surface area contributed by atoms with Crippen molar-refractivity contribution in [3.63, 3.8) is 0 Å². The van der Waals surface area contributed by atoms with Crippen LogP contribution in [0.25, 0.3) is 0 Å². The molecule has 2 aromatic rings. The molecule has 0 aromatic heterocycles. The molecule has 186 valence electrons. The second kappa shape index (κ2) is 10.9. The van der Waals surface area contributed by atoms with Crippen LogP contribution in [0.3, 0.4) is 0 Å². The van der Waals surface area contributed by atoms with Gasteiger partial charge in [-0.15, -0.1) is 0 Å². The summed E-state index contributed by atoms with van der Waals surface area (Å²) in [6, 6.07) is 13.5. The highest BCUT2D eigenvalue weighted by Crippen LogP contribution is 2.27. The molecule has 0 saturated carbocycles. The molecule has 0 aliphatic carbocycles.